The van der Waals surface area contributed by atoms with Gasteiger partial charge in [0.15, 0.2) is 0 Å². The number of primary amides is 1. The van der Waals surface area contributed by atoms with Crippen molar-refractivity contribution >= 4 is 11.6 Å². The van der Waals surface area contributed by atoms with Crippen molar-refractivity contribution in [2.24, 2.45) is 5.73 Å². The molecule has 1 fully saturated rings. The molecule has 1 amide bonds. The summed E-state index contributed by atoms with van der Waals surface area (Å²) in [7, 11) is 0. The Labute approximate surface area is 76.8 Å². The molecule has 0 aromatic heterocycles. The van der Waals surface area contributed by atoms with Gasteiger partial charge in [-0.25, -0.2) is 0 Å². The molecule has 0 aromatic rings. The van der Waals surface area contributed by atoms with E-state index in [1.807, 2.05) is 0 Å². The highest BCUT2D eigenvalue weighted by molar-refractivity contribution is 6.37. The van der Waals surface area contributed by atoms with E-state index in [0.29, 0.717) is 12.8 Å². The van der Waals surface area contributed by atoms with Crippen LogP contribution in [0.4, 0.5) is 0 Å². The second-order valence-corrected chi connectivity index (χ2v) is 3.49. The van der Waals surface area contributed by atoms with E-state index in [0.717, 1.165) is 13.1 Å². The number of hydrogen-bond acceptors (Lipinski definition) is 4. The van der Waals surface area contributed by atoms with E-state index in [-0.39, 0.29) is 12.1 Å². The predicted molar refractivity (Wildman–Crippen MR) is 48.6 cm³/mol. The molecular formula is C8H15N3O2. The van der Waals surface area contributed by atoms with Crippen LogP contribution in [0.1, 0.15) is 19.3 Å². The quantitative estimate of drug-likeness (QED) is 0.424. The molecule has 0 atom stereocenters. The zero-order valence-corrected chi connectivity index (χ0v) is 7.47. The molecule has 13 heavy (non-hydrogen) atoms. The van der Waals surface area contributed by atoms with Crippen molar-refractivity contribution < 1.29 is 9.90 Å². The fourth-order valence-corrected chi connectivity index (χ4v) is 1.49. The Morgan fingerprint density at radius 2 is 2.08 bits per heavy atom. The Bertz CT molecular complexity index is 221. The Morgan fingerprint density at radius 1 is 1.54 bits per heavy atom. The third-order valence-corrected chi connectivity index (χ3v) is 2.34. The SMILES string of the molecule is N=C(CC1(O)CCNCC1)C(N)=O. The number of nitrogens with two attached hydrogens (primary N) is 1. The molecule has 5 N–H and O–H groups in total. The monoisotopic (exact) mass is 185 g/mol. The fourth-order valence-electron chi connectivity index (χ4n) is 1.49. The third-order valence-electron chi connectivity index (χ3n) is 2.34. The predicted octanol–water partition coefficient (Wildman–Crippen LogP) is -1.00. The first-order chi connectivity index (χ1) is 6.03. The molecule has 0 aromatic carbocycles. The molecule has 0 bridgehead atoms. The van der Waals surface area contributed by atoms with Gasteiger partial charge in [-0.15, -0.1) is 0 Å². The van der Waals surface area contributed by atoms with Crippen LogP contribution in [0.2, 0.25) is 0 Å². The largest absolute Gasteiger partial charge is 0.389 e. The van der Waals surface area contributed by atoms with Crippen LogP contribution in [0.5, 0.6) is 0 Å². The molecule has 5 heteroatoms. The molecule has 1 rings (SSSR count). The normalized spacial score (nSPS) is 21.0. The first-order valence-corrected chi connectivity index (χ1v) is 4.34. The molecule has 0 unspecified atom stereocenters. The van der Waals surface area contributed by atoms with E-state index >= 15 is 0 Å². The Kier molecular flexibility index (Phi) is 3.00. The zero-order valence-electron chi connectivity index (χ0n) is 7.47. The van der Waals surface area contributed by atoms with Crippen LogP contribution in [-0.2, 0) is 4.79 Å². The lowest BCUT2D eigenvalue weighted by molar-refractivity contribution is -0.112. The lowest BCUT2D eigenvalue weighted by atomic mass is 9.87. The van der Waals surface area contributed by atoms with Crippen LogP contribution < -0.4 is 11.1 Å². The molecule has 1 saturated heterocycles. The first-order valence-electron chi connectivity index (χ1n) is 4.34. The van der Waals surface area contributed by atoms with Gasteiger partial charge in [0.25, 0.3) is 5.91 Å². The topological polar surface area (TPSA) is 99.2 Å². The van der Waals surface area contributed by atoms with Gasteiger partial charge in [-0.05, 0) is 25.9 Å². The standard InChI is InChI=1S/C8H15N3O2/c9-6(7(10)12)5-8(13)1-3-11-4-2-8/h9,11,13H,1-5H2,(H2,10,12). The van der Waals surface area contributed by atoms with Crippen LogP contribution in [-0.4, -0.2) is 35.4 Å². The van der Waals surface area contributed by atoms with Gasteiger partial charge in [0.2, 0.25) is 0 Å². The molecule has 5 nitrogen and oxygen atoms in total. The lowest BCUT2D eigenvalue weighted by Gasteiger charge is -2.32. The number of hydrogen-bond donors (Lipinski definition) is 4. The molecule has 0 spiro atoms. The van der Waals surface area contributed by atoms with Crippen molar-refractivity contribution in [3.63, 3.8) is 0 Å². The summed E-state index contributed by atoms with van der Waals surface area (Å²) < 4.78 is 0. The minimum atomic E-state index is -0.905. The van der Waals surface area contributed by atoms with Crippen molar-refractivity contribution in [1.82, 2.24) is 5.32 Å². The number of carbonyl (C=O) groups is 1. The minimum absolute atomic E-state index is 0.0734. The maximum absolute atomic E-state index is 10.6. The Morgan fingerprint density at radius 3 is 2.54 bits per heavy atom. The van der Waals surface area contributed by atoms with Gasteiger partial charge in [0, 0.05) is 6.42 Å². The van der Waals surface area contributed by atoms with Crippen molar-refractivity contribution in [1.29, 1.82) is 5.41 Å². The summed E-state index contributed by atoms with van der Waals surface area (Å²) in [5.74, 6) is -0.744. The van der Waals surface area contributed by atoms with E-state index < -0.39 is 11.5 Å². The highest BCUT2D eigenvalue weighted by atomic mass is 16.3. The van der Waals surface area contributed by atoms with Crippen LogP contribution in [0.3, 0.4) is 0 Å². The van der Waals surface area contributed by atoms with Crippen molar-refractivity contribution in [3.05, 3.63) is 0 Å². The smallest absolute Gasteiger partial charge is 0.262 e. The van der Waals surface area contributed by atoms with E-state index in [1.54, 1.807) is 0 Å². The van der Waals surface area contributed by atoms with Crippen molar-refractivity contribution in [2.75, 3.05) is 13.1 Å². The van der Waals surface area contributed by atoms with Gasteiger partial charge in [-0.2, -0.15) is 0 Å². The fraction of sp³-hybridized carbons (Fsp3) is 0.750. The lowest BCUT2D eigenvalue weighted by Crippen LogP contribution is -2.44. The molecule has 1 aliphatic rings. The molecule has 1 aliphatic heterocycles. The number of nitrogens with one attached hydrogen (secondary N) is 2. The highest BCUT2D eigenvalue weighted by Crippen LogP contribution is 2.22. The molecule has 1 heterocycles. The van der Waals surface area contributed by atoms with Crippen molar-refractivity contribution in [2.45, 2.75) is 24.9 Å². The number of amides is 1. The van der Waals surface area contributed by atoms with Gasteiger partial charge < -0.3 is 16.2 Å². The maximum Gasteiger partial charge on any atom is 0.262 e. The second kappa shape index (κ2) is 3.85. The average molecular weight is 185 g/mol. The van der Waals surface area contributed by atoms with Gasteiger partial charge in [-0.3, -0.25) is 10.2 Å². The summed E-state index contributed by atoms with van der Waals surface area (Å²) >= 11 is 0. The van der Waals surface area contributed by atoms with E-state index in [1.165, 1.54) is 0 Å². The zero-order chi connectivity index (χ0) is 9.90. The summed E-state index contributed by atoms with van der Waals surface area (Å²) in [5, 5.41) is 20.2. The summed E-state index contributed by atoms with van der Waals surface area (Å²) in [6.45, 7) is 1.45. The number of rotatable bonds is 3. The second-order valence-electron chi connectivity index (χ2n) is 3.49. The molecule has 74 valence electrons. The van der Waals surface area contributed by atoms with Gasteiger partial charge >= 0.3 is 0 Å². The number of piperidine rings is 1. The Balaban J connectivity index is 2.50. The Hall–Kier alpha value is -0.940. The minimum Gasteiger partial charge on any atom is -0.389 e. The van der Waals surface area contributed by atoms with Gasteiger partial charge in [-0.1, -0.05) is 0 Å². The maximum atomic E-state index is 10.6. The summed E-state index contributed by atoms with van der Waals surface area (Å²) in [5.41, 5.74) is 3.83. The highest BCUT2D eigenvalue weighted by Gasteiger charge is 2.31. The van der Waals surface area contributed by atoms with Crippen LogP contribution in [0.15, 0.2) is 0 Å². The van der Waals surface area contributed by atoms with Crippen LogP contribution >= 0.6 is 0 Å². The molecular weight excluding hydrogens is 170 g/mol. The molecule has 0 saturated carbocycles. The van der Waals surface area contributed by atoms with Gasteiger partial charge in [0.05, 0.1) is 11.3 Å². The summed E-state index contributed by atoms with van der Waals surface area (Å²) in [6.07, 6.45) is 1.22. The van der Waals surface area contributed by atoms with Crippen LogP contribution in [0, 0.1) is 5.41 Å². The van der Waals surface area contributed by atoms with E-state index in [2.05, 4.69) is 5.32 Å². The summed E-state index contributed by atoms with van der Waals surface area (Å²) in [4.78, 5) is 10.6. The molecule has 0 radical (unpaired) electrons. The first kappa shape index (κ1) is 10.1. The number of aliphatic hydroxyl groups is 1. The third kappa shape index (κ3) is 2.78. The summed E-state index contributed by atoms with van der Waals surface area (Å²) in [6, 6.07) is 0. The number of carbonyl (C=O) groups excluding carboxylic acids is 1. The molecule has 0 aliphatic carbocycles. The van der Waals surface area contributed by atoms with Gasteiger partial charge in [0.1, 0.15) is 0 Å². The van der Waals surface area contributed by atoms with Crippen LogP contribution in [0.25, 0.3) is 0 Å². The van der Waals surface area contributed by atoms with E-state index in [9.17, 15) is 9.90 Å². The van der Waals surface area contributed by atoms with Crippen molar-refractivity contribution in [3.8, 4) is 0 Å². The van der Waals surface area contributed by atoms with E-state index in [4.69, 9.17) is 11.1 Å². The average Bonchev–Trinajstić information content (AvgIpc) is 2.04.